The Hall–Kier alpha value is -1.93. The Morgan fingerprint density at radius 2 is 1.90 bits per heavy atom. The predicted octanol–water partition coefficient (Wildman–Crippen LogP) is 0.106. The predicted molar refractivity (Wildman–Crippen MR) is 72.0 cm³/mol. The highest BCUT2D eigenvalue weighted by Gasteiger charge is 2.22. The molecule has 0 heterocycles. The van der Waals surface area contributed by atoms with Crippen molar-refractivity contribution >= 4 is 21.9 Å². The van der Waals surface area contributed by atoms with Gasteiger partial charge in [0.25, 0.3) is 0 Å². The zero-order valence-corrected chi connectivity index (χ0v) is 12.1. The van der Waals surface area contributed by atoms with Gasteiger partial charge in [0.1, 0.15) is 0 Å². The van der Waals surface area contributed by atoms with Crippen molar-refractivity contribution in [3.63, 3.8) is 0 Å². The third-order valence-electron chi connectivity index (χ3n) is 2.72. The number of likely N-dealkylation sites (N-methyl/N-ethyl adjacent to an activating group) is 1. The Morgan fingerprint density at radius 3 is 2.40 bits per heavy atom. The van der Waals surface area contributed by atoms with Gasteiger partial charge in [-0.3, -0.25) is 4.79 Å². The number of hydrogen-bond donors (Lipinski definition) is 3. The lowest BCUT2D eigenvalue weighted by atomic mass is 10.1. The monoisotopic (exact) mass is 300 g/mol. The molecule has 1 aromatic carbocycles. The summed E-state index contributed by atoms with van der Waals surface area (Å²) in [5.41, 5.74) is 0.358. The molecule has 1 unspecified atom stereocenters. The van der Waals surface area contributed by atoms with Crippen LogP contribution in [-0.2, 0) is 14.8 Å². The number of hydrogen-bond acceptors (Lipinski definition) is 4. The molecular weight excluding hydrogens is 284 g/mol. The van der Waals surface area contributed by atoms with Gasteiger partial charge in [-0.25, -0.2) is 13.2 Å². The van der Waals surface area contributed by atoms with Crippen molar-refractivity contribution in [3.8, 4) is 0 Å². The third kappa shape index (κ3) is 3.55. The van der Waals surface area contributed by atoms with Crippen LogP contribution in [0.15, 0.2) is 23.1 Å². The first-order chi connectivity index (χ1) is 9.19. The van der Waals surface area contributed by atoms with E-state index in [2.05, 4.69) is 10.0 Å². The molecule has 0 aliphatic carbocycles. The minimum Gasteiger partial charge on any atom is -0.478 e. The topological polar surface area (TPSA) is 113 Å². The van der Waals surface area contributed by atoms with Crippen molar-refractivity contribution in [2.75, 3.05) is 7.05 Å². The van der Waals surface area contributed by atoms with E-state index in [0.29, 0.717) is 5.56 Å². The molecule has 1 aromatic rings. The van der Waals surface area contributed by atoms with Crippen molar-refractivity contribution in [2.24, 2.45) is 0 Å². The number of aryl methyl sites for hydroxylation is 1. The Bertz CT molecular complexity index is 639. The zero-order chi connectivity index (χ0) is 15.5. The van der Waals surface area contributed by atoms with Crippen LogP contribution >= 0.6 is 0 Å². The van der Waals surface area contributed by atoms with Crippen LogP contribution < -0.4 is 10.0 Å². The molecule has 110 valence electrons. The Kier molecular flexibility index (Phi) is 4.85. The molecule has 1 atom stereocenters. The lowest BCUT2D eigenvalue weighted by Crippen LogP contribution is -2.43. The number of sulfonamides is 1. The molecule has 1 amide bonds. The van der Waals surface area contributed by atoms with E-state index >= 15 is 0 Å². The van der Waals surface area contributed by atoms with Gasteiger partial charge >= 0.3 is 5.97 Å². The minimum absolute atomic E-state index is 0.0968. The van der Waals surface area contributed by atoms with E-state index in [1.54, 1.807) is 6.92 Å². The zero-order valence-electron chi connectivity index (χ0n) is 11.3. The van der Waals surface area contributed by atoms with Gasteiger partial charge in [0, 0.05) is 7.05 Å². The molecule has 0 fully saturated rings. The van der Waals surface area contributed by atoms with Gasteiger partial charge in [0.2, 0.25) is 15.9 Å². The van der Waals surface area contributed by atoms with Crippen LogP contribution in [0.1, 0.15) is 22.8 Å². The van der Waals surface area contributed by atoms with Crippen molar-refractivity contribution in [2.45, 2.75) is 24.8 Å². The first kappa shape index (κ1) is 16.1. The molecule has 0 saturated carbocycles. The number of carboxylic acid groups (broad SMARTS) is 1. The quantitative estimate of drug-likeness (QED) is 0.714. The molecular formula is C12H16N2O5S. The van der Waals surface area contributed by atoms with Crippen molar-refractivity contribution < 1.29 is 23.1 Å². The van der Waals surface area contributed by atoms with E-state index in [1.807, 2.05) is 0 Å². The van der Waals surface area contributed by atoms with Crippen molar-refractivity contribution in [1.82, 2.24) is 10.0 Å². The molecule has 0 radical (unpaired) electrons. The summed E-state index contributed by atoms with van der Waals surface area (Å²) in [6, 6.07) is 2.80. The molecule has 0 saturated heterocycles. The first-order valence-corrected chi connectivity index (χ1v) is 7.25. The smallest absolute Gasteiger partial charge is 0.335 e. The van der Waals surface area contributed by atoms with E-state index in [9.17, 15) is 18.0 Å². The van der Waals surface area contributed by atoms with Crippen LogP contribution in [0.25, 0.3) is 0 Å². The fraction of sp³-hybridized carbons (Fsp3) is 0.333. The van der Waals surface area contributed by atoms with E-state index in [4.69, 9.17) is 5.11 Å². The van der Waals surface area contributed by atoms with Gasteiger partial charge in [-0.2, -0.15) is 4.72 Å². The molecule has 8 heteroatoms. The number of nitrogens with one attached hydrogen (secondary N) is 2. The summed E-state index contributed by atoms with van der Waals surface area (Å²) < 4.78 is 26.3. The van der Waals surface area contributed by atoms with E-state index in [-0.39, 0.29) is 10.5 Å². The number of carbonyl (C=O) groups excluding carboxylic acids is 1. The largest absolute Gasteiger partial charge is 0.478 e. The van der Waals surface area contributed by atoms with Gasteiger partial charge < -0.3 is 10.4 Å². The minimum atomic E-state index is -3.96. The highest BCUT2D eigenvalue weighted by atomic mass is 32.2. The average Bonchev–Trinajstić information content (AvgIpc) is 2.36. The van der Waals surface area contributed by atoms with Crippen molar-refractivity contribution in [1.29, 1.82) is 0 Å². The van der Waals surface area contributed by atoms with Gasteiger partial charge in [-0.15, -0.1) is 0 Å². The summed E-state index contributed by atoms with van der Waals surface area (Å²) in [6.45, 7) is 2.96. The van der Waals surface area contributed by atoms with Gasteiger partial charge in [-0.05, 0) is 31.5 Å². The van der Waals surface area contributed by atoms with Gasteiger partial charge in [-0.1, -0.05) is 6.07 Å². The Balaban J connectivity index is 3.13. The molecule has 0 aromatic heterocycles. The number of aromatic carboxylic acids is 1. The summed E-state index contributed by atoms with van der Waals surface area (Å²) >= 11 is 0. The fourth-order valence-electron chi connectivity index (χ4n) is 1.57. The molecule has 1 rings (SSSR count). The van der Waals surface area contributed by atoms with E-state index in [0.717, 1.165) is 6.07 Å². The second-order valence-electron chi connectivity index (χ2n) is 4.24. The Morgan fingerprint density at radius 1 is 1.30 bits per heavy atom. The second kappa shape index (κ2) is 6.02. The molecule has 0 bridgehead atoms. The average molecular weight is 300 g/mol. The maximum atomic E-state index is 12.1. The summed E-state index contributed by atoms with van der Waals surface area (Å²) in [5, 5.41) is 11.3. The number of rotatable bonds is 5. The van der Waals surface area contributed by atoms with Crippen LogP contribution in [-0.4, -0.2) is 38.5 Å². The Labute approximate surface area is 117 Å². The van der Waals surface area contributed by atoms with Gasteiger partial charge in [0.05, 0.1) is 16.5 Å². The van der Waals surface area contributed by atoms with E-state index < -0.39 is 27.9 Å². The number of carbonyl (C=O) groups is 2. The molecule has 3 N–H and O–H groups in total. The molecule has 7 nitrogen and oxygen atoms in total. The maximum absolute atomic E-state index is 12.1. The lowest BCUT2D eigenvalue weighted by Gasteiger charge is -2.13. The normalized spacial score (nSPS) is 12.8. The van der Waals surface area contributed by atoms with Crippen molar-refractivity contribution in [3.05, 3.63) is 29.3 Å². The van der Waals surface area contributed by atoms with Crippen LogP contribution in [0.4, 0.5) is 0 Å². The van der Waals surface area contributed by atoms with Gasteiger partial charge in [0.15, 0.2) is 0 Å². The highest BCUT2D eigenvalue weighted by molar-refractivity contribution is 7.89. The van der Waals surface area contributed by atoms with Crippen LogP contribution in [0.5, 0.6) is 0 Å². The molecule has 0 aliphatic rings. The maximum Gasteiger partial charge on any atom is 0.335 e. The third-order valence-corrected chi connectivity index (χ3v) is 4.26. The standard InChI is InChI=1S/C12H16N2O5S/c1-7-4-5-9(6-10(7)12(16)17)20(18,19)14-8(2)11(15)13-3/h4-6,8,14H,1-3H3,(H,13,15)(H,16,17). The molecule has 0 aliphatic heterocycles. The number of amides is 1. The SMILES string of the molecule is CNC(=O)C(C)NS(=O)(=O)c1ccc(C)c(C(=O)O)c1. The molecule has 0 spiro atoms. The summed E-state index contributed by atoms with van der Waals surface area (Å²) in [5.74, 6) is -1.70. The number of benzene rings is 1. The van der Waals surface area contributed by atoms with Crippen LogP contribution in [0.2, 0.25) is 0 Å². The first-order valence-electron chi connectivity index (χ1n) is 5.77. The number of carboxylic acids is 1. The lowest BCUT2D eigenvalue weighted by molar-refractivity contribution is -0.121. The fourth-order valence-corrected chi connectivity index (χ4v) is 2.80. The molecule has 20 heavy (non-hydrogen) atoms. The van der Waals surface area contributed by atoms with Crippen LogP contribution in [0.3, 0.4) is 0 Å². The summed E-state index contributed by atoms with van der Waals surface area (Å²) in [7, 11) is -2.57. The summed E-state index contributed by atoms with van der Waals surface area (Å²) in [6.07, 6.45) is 0. The summed E-state index contributed by atoms with van der Waals surface area (Å²) in [4.78, 5) is 22.1. The highest BCUT2D eigenvalue weighted by Crippen LogP contribution is 2.16. The van der Waals surface area contributed by atoms with E-state index in [1.165, 1.54) is 26.1 Å². The van der Waals surface area contributed by atoms with Crippen LogP contribution in [0, 0.1) is 6.92 Å². The second-order valence-corrected chi connectivity index (χ2v) is 5.95.